The maximum atomic E-state index is 12.5. The van der Waals surface area contributed by atoms with Gasteiger partial charge in [-0.1, -0.05) is 12.1 Å². The molecule has 0 aliphatic heterocycles. The van der Waals surface area contributed by atoms with Crippen molar-refractivity contribution in [3.63, 3.8) is 0 Å². The van der Waals surface area contributed by atoms with Crippen molar-refractivity contribution in [3.8, 4) is 17.3 Å². The number of aromatic nitrogens is 2. The second-order valence-corrected chi connectivity index (χ2v) is 3.47. The average Bonchev–Trinajstić information content (AvgIpc) is 2.38. The number of pyridine rings is 2. The van der Waals surface area contributed by atoms with Crippen molar-refractivity contribution < 1.29 is 17.9 Å². The van der Waals surface area contributed by atoms with Gasteiger partial charge in [0.15, 0.2) is 0 Å². The Kier molecular flexibility index (Phi) is 3.18. The number of ether oxygens (including phenoxy) is 1. The van der Waals surface area contributed by atoms with Gasteiger partial charge in [0.25, 0.3) is 0 Å². The molecular weight excluding hydrogens is 245 g/mol. The predicted molar refractivity (Wildman–Crippen MR) is 59.0 cm³/mol. The van der Waals surface area contributed by atoms with Gasteiger partial charge in [-0.05, 0) is 18.2 Å². The van der Waals surface area contributed by atoms with Crippen LogP contribution in [0.15, 0.2) is 36.4 Å². The highest BCUT2D eigenvalue weighted by Crippen LogP contribution is 2.29. The van der Waals surface area contributed by atoms with Crippen LogP contribution < -0.4 is 4.74 Å². The van der Waals surface area contributed by atoms with Crippen molar-refractivity contribution in [1.82, 2.24) is 9.97 Å². The van der Waals surface area contributed by atoms with Gasteiger partial charge in [0.2, 0.25) is 5.88 Å². The van der Waals surface area contributed by atoms with Crippen LogP contribution in [0.4, 0.5) is 13.2 Å². The molecular formula is C12H9F3N2O. The normalized spacial score (nSPS) is 11.3. The maximum absolute atomic E-state index is 12.5. The van der Waals surface area contributed by atoms with Crippen LogP contribution in [-0.2, 0) is 6.18 Å². The zero-order valence-corrected chi connectivity index (χ0v) is 9.40. The fraction of sp³-hybridized carbons (Fsp3) is 0.167. The Balaban J connectivity index is 2.44. The Morgan fingerprint density at radius 2 is 1.56 bits per heavy atom. The molecule has 2 aromatic heterocycles. The summed E-state index contributed by atoms with van der Waals surface area (Å²) in [4.78, 5) is 7.58. The highest BCUT2D eigenvalue weighted by Gasteiger charge is 2.32. The molecule has 6 heteroatoms. The Labute approximate surface area is 101 Å². The van der Waals surface area contributed by atoms with Gasteiger partial charge in [0, 0.05) is 6.07 Å². The highest BCUT2D eigenvalue weighted by molar-refractivity contribution is 5.54. The van der Waals surface area contributed by atoms with Crippen LogP contribution in [0, 0.1) is 0 Å². The summed E-state index contributed by atoms with van der Waals surface area (Å²) in [6.07, 6.45) is -4.46. The maximum Gasteiger partial charge on any atom is 0.433 e. The second kappa shape index (κ2) is 4.64. The Morgan fingerprint density at radius 3 is 2.17 bits per heavy atom. The molecule has 2 heterocycles. The molecule has 0 spiro atoms. The third kappa shape index (κ3) is 2.58. The van der Waals surface area contributed by atoms with Crippen molar-refractivity contribution in [1.29, 1.82) is 0 Å². The summed E-state index contributed by atoms with van der Waals surface area (Å²) in [5, 5.41) is 0. The van der Waals surface area contributed by atoms with Crippen LogP contribution in [0.1, 0.15) is 5.69 Å². The standard InChI is InChI=1S/C12H9F3N2O/c1-18-11-7-3-5-9(17-11)8-4-2-6-10(16-8)12(13,14)15/h2-7H,1H3. The first kappa shape index (κ1) is 12.3. The smallest absolute Gasteiger partial charge is 0.433 e. The van der Waals surface area contributed by atoms with E-state index < -0.39 is 11.9 Å². The van der Waals surface area contributed by atoms with Crippen LogP contribution in [-0.4, -0.2) is 17.1 Å². The zero-order valence-electron chi connectivity index (χ0n) is 9.40. The molecule has 0 fully saturated rings. The predicted octanol–water partition coefficient (Wildman–Crippen LogP) is 3.17. The minimum atomic E-state index is -4.46. The summed E-state index contributed by atoms with van der Waals surface area (Å²) in [5.74, 6) is 0.326. The Bertz CT molecular complexity index is 555. The lowest BCUT2D eigenvalue weighted by molar-refractivity contribution is -0.141. The SMILES string of the molecule is COc1cccc(-c2cccc(C(F)(F)F)n2)n1. The monoisotopic (exact) mass is 254 g/mol. The molecule has 0 aromatic carbocycles. The van der Waals surface area contributed by atoms with Crippen LogP contribution in [0.25, 0.3) is 11.4 Å². The van der Waals surface area contributed by atoms with E-state index in [2.05, 4.69) is 9.97 Å². The number of halogens is 3. The summed E-state index contributed by atoms with van der Waals surface area (Å²) >= 11 is 0. The summed E-state index contributed by atoms with van der Waals surface area (Å²) in [5.41, 5.74) is -0.450. The van der Waals surface area contributed by atoms with E-state index in [1.807, 2.05) is 0 Å². The van der Waals surface area contributed by atoms with Crippen molar-refractivity contribution in [2.45, 2.75) is 6.18 Å². The average molecular weight is 254 g/mol. The Hall–Kier alpha value is -2.11. The van der Waals surface area contributed by atoms with E-state index in [9.17, 15) is 13.2 Å². The number of alkyl halides is 3. The van der Waals surface area contributed by atoms with Gasteiger partial charge in [0.05, 0.1) is 18.5 Å². The van der Waals surface area contributed by atoms with Gasteiger partial charge < -0.3 is 4.74 Å². The van der Waals surface area contributed by atoms with Crippen LogP contribution in [0.5, 0.6) is 5.88 Å². The van der Waals surface area contributed by atoms with Gasteiger partial charge >= 0.3 is 6.18 Å². The number of nitrogens with zero attached hydrogens (tertiary/aromatic N) is 2. The second-order valence-electron chi connectivity index (χ2n) is 3.47. The number of methoxy groups -OCH3 is 1. The molecule has 0 aliphatic carbocycles. The molecule has 3 nitrogen and oxygen atoms in total. The molecule has 0 saturated carbocycles. The molecule has 2 aromatic rings. The molecule has 0 bridgehead atoms. The minimum Gasteiger partial charge on any atom is -0.481 e. The largest absolute Gasteiger partial charge is 0.481 e. The molecule has 0 atom stereocenters. The van der Waals surface area contributed by atoms with E-state index in [0.717, 1.165) is 6.07 Å². The lowest BCUT2D eigenvalue weighted by Gasteiger charge is -2.07. The first-order valence-corrected chi connectivity index (χ1v) is 5.06. The fourth-order valence-corrected chi connectivity index (χ4v) is 1.41. The van der Waals surface area contributed by atoms with Gasteiger partial charge in [0.1, 0.15) is 5.69 Å². The van der Waals surface area contributed by atoms with Crippen LogP contribution in [0.3, 0.4) is 0 Å². The third-order valence-corrected chi connectivity index (χ3v) is 2.23. The molecule has 0 saturated heterocycles. The topological polar surface area (TPSA) is 35.0 Å². The van der Waals surface area contributed by atoms with Gasteiger partial charge in [-0.2, -0.15) is 13.2 Å². The lowest BCUT2D eigenvalue weighted by atomic mass is 10.2. The lowest BCUT2D eigenvalue weighted by Crippen LogP contribution is -2.08. The van der Waals surface area contributed by atoms with Crippen molar-refractivity contribution in [2.24, 2.45) is 0 Å². The summed E-state index contributed by atoms with van der Waals surface area (Å²) in [6, 6.07) is 8.51. The van der Waals surface area contributed by atoms with Gasteiger partial charge in [-0.3, -0.25) is 0 Å². The highest BCUT2D eigenvalue weighted by atomic mass is 19.4. The molecule has 0 N–H and O–H groups in total. The van der Waals surface area contributed by atoms with Crippen molar-refractivity contribution in [3.05, 3.63) is 42.1 Å². The van der Waals surface area contributed by atoms with E-state index in [0.29, 0.717) is 11.6 Å². The van der Waals surface area contributed by atoms with Crippen molar-refractivity contribution >= 4 is 0 Å². The number of rotatable bonds is 2. The quantitative estimate of drug-likeness (QED) is 0.825. The van der Waals surface area contributed by atoms with E-state index >= 15 is 0 Å². The zero-order chi connectivity index (χ0) is 13.2. The molecule has 94 valence electrons. The first-order valence-electron chi connectivity index (χ1n) is 5.06. The molecule has 0 radical (unpaired) electrons. The number of hydrogen-bond acceptors (Lipinski definition) is 3. The van der Waals surface area contributed by atoms with Crippen LogP contribution in [0.2, 0.25) is 0 Å². The first-order chi connectivity index (χ1) is 8.50. The fourth-order valence-electron chi connectivity index (χ4n) is 1.41. The third-order valence-electron chi connectivity index (χ3n) is 2.23. The van der Waals surface area contributed by atoms with Crippen molar-refractivity contribution in [2.75, 3.05) is 7.11 Å². The van der Waals surface area contributed by atoms with E-state index in [4.69, 9.17) is 4.74 Å². The molecule has 2 rings (SSSR count). The number of hydrogen-bond donors (Lipinski definition) is 0. The molecule has 0 amide bonds. The van der Waals surface area contributed by atoms with Gasteiger partial charge in [-0.15, -0.1) is 0 Å². The summed E-state index contributed by atoms with van der Waals surface area (Å²) in [6.45, 7) is 0. The van der Waals surface area contributed by atoms with E-state index in [-0.39, 0.29) is 5.69 Å². The molecule has 0 aliphatic rings. The van der Waals surface area contributed by atoms with Gasteiger partial charge in [-0.25, -0.2) is 9.97 Å². The van der Waals surface area contributed by atoms with E-state index in [1.54, 1.807) is 18.2 Å². The summed E-state index contributed by atoms with van der Waals surface area (Å²) < 4.78 is 42.5. The summed E-state index contributed by atoms with van der Waals surface area (Å²) in [7, 11) is 1.44. The Morgan fingerprint density at radius 1 is 0.944 bits per heavy atom. The minimum absolute atomic E-state index is 0.156. The van der Waals surface area contributed by atoms with Crippen LogP contribution >= 0.6 is 0 Å². The molecule has 18 heavy (non-hydrogen) atoms. The van der Waals surface area contributed by atoms with E-state index in [1.165, 1.54) is 19.2 Å². The molecule has 0 unspecified atom stereocenters.